The number of aromatic nitrogens is 1. The molecule has 0 aromatic carbocycles. The van der Waals surface area contributed by atoms with Gasteiger partial charge in [0, 0.05) is 23.2 Å². The van der Waals surface area contributed by atoms with Gasteiger partial charge in [-0.1, -0.05) is 19.3 Å². The molecule has 0 spiro atoms. The number of rotatable bonds is 6. The van der Waals surface area contributed by atoms with Crippen molar-refractivity contribution in [2.24, 2.45) is 0 Å². The summed E-state index contributed by atoms with van der Waals surface area (Å²) in [6, 6.07) is 0. The van der Waals surface area contributed by atoms with Gasteiger partial charge in [-0.2, -0.15) is 0 Å². The Bertz CT molecular complexity index is 356. The smallest absolute Gasteiger partial charge is 0.0897 e. The molecule has 18 heavy (non-hydrogen) atoms. The third kappa shape index (κ3) is 3.77. The van der Waals surface area contributed by atoms with Crippen molar-refractivity contribution < 1.29 is 0 Å². The Balaban J connectivity index is 1.70. The van der Waals surface area contributed by atoms with E-state index in [2.05, 4.69) is 29.6 Å². The molecule has 1 fully saturated rings. The predicted molar refractivity (Wildman–Crippen MR) is 78.1 cm³/mol. The van der Waals surface area contributed by atoms with Crippen LogP contribution in [0.1, 0.15) is 48.4 Å². The molecule has 1 aromatic rings. The fraction of sp³-hybridized carbons (Fsp3) is 0.786. The first-order chi connectivity index (χ1) is 8.74. The van der Waals surface area contributed by atoms with E-state index in [-0.39, 0.29) is 0 Å². The zero-order valence-electron chi connectivity index (χ0n) is 11.6. The van der Waals surface area contributed by atoms with Gasteiger partial charge in [0.05, 0.1) is 5.01 Å². The second kappa shape index (κ2) is 6.64. The summed E-state index contributed by atoms with van der Waals surface area (Å²) in [5.41, 5.74) is 0.398. The molecule has 1 heterocycles. The summed E-state index contributed by atoms with van der Waals surface area (Å²) in [6.07, 6.45) is 10.1. The molecule has 102 valence electrons. The van der Waals surface area contributed by atoms with Gasteiger partial charge in [0.1, 0.15) is 0 Å². The molecule has 0 saturated heterocycles. The van der Waals surface area contributed by atoms with E-state index in [1.165, 1.54) is 43.4 Å². The van der Waals surface area contributed by atoms with Crippen molar-refractivity contribution in [3.63, 3.8) is 0 Å². The lowest BCUT2D eigenvalue weighted by atomic mass is 9.79. The van der Waals surface area contributed by atoms with Crippen LogP contribution < -0.4 is 10.6 Å². The molecule has 0 atom stereocenters. The maximum absolute atomic E-state index is 4.28. The van der Waals surface area contributed by atoms with Crippen molar-refractivity contribution >= 4 is 11.3 Å². The van der Waals surface area contributed by atoms with Gasteiger partial charge in [0.25, 0.3) is 0 Å². The second-order valence-corrected chi connectivity index (χ2v) is 6.68. The maximum atomic E-state index is 4.28. The van der Waals surface area contributed by atoms with E-state index in [1.54, 1.807) is 11.3 Å². The Morgan fingerprint density at radius 2 is 2.11 bits per heavy atom. The number of nitrogens with one attached hydrogen (secondary N) is 2. The molecule has 1 aromatic heterocycles. The molecule has 1 aliphatic rings. The zero-order valence-corrected chi connectivity index (χ0v) is 12.4. The highest BCUT2D eigenvalue weighted by molar-refractivity contribution is 7.11. The first-order valence-electron chi connectivity index (χ1n) is 7.05. The monoisotopic (exact) mass is 267 g/mol. The molecule has 0 bridgehead atoms. The zero-order chi connectivity index (χ0) is 12.8. The van der Waals surface area contributed by atoms with E-state index in [9.17, 15) is 0 Å². The molecule has 2 N–H and O–H groups in total. The van der Waals surface area contributed by atoms with Crippen molar-refractivity contribution in [1.29, 1.82) is 0 Å². The minimum Gasteiger partial charge on any atom is -0.314 e. The Morgan fingerprint density at radius 3 is 2.72 bits per heavy atom. The Hall–Kier alpha value is -0.450. The first-order valence-corrected chi connectivity index (χ1v) is 7.87. The van der Waals surface area contributed by atoms with Crippen LogP contribution in [-0.4, -0.2) is 24.1 Å². The van der Waals surface area contributed by atoms with E-state index in [4.69, 9.17) is 0 Å². The average molecular weight is 267 g/mol. The number of hydrogen-bond donors (Lipinski definition) is 2. The molecule has 4 heteroatoms. The lowest BCUT2D eigenvalue weighted by Gasteiger charge is -2.37. The normalized spacial score (nSPS) is 19.0. The summed E-state index contributed by atoms with van der Waals surface area (Å²) in [7, 11) is 2.12. The fourth-order valence-corrected chi connectivity index (χ4v) is 3.64. The van der Waals surface area contributed by atoms with E-state index < -0.39 is 0 Å². The van der Waals surface area contributed by atoms with Gasteiger partial charge in [0.15, 0.2) is 0 Å². The van der Waals surface area contributed by atoms with Crippen molar-refractivity contribution in [3.8, 4) is 0 Å². The standard InChI is InChI=1S/C14H25N3S/c1-12-17-11-13(18-12)10-16-9-8-14(15-2)6-4-3-5-7-14/h11,15-16H,3-10H2,1-2H3. The number of aryl methyl sites for hydroxylation is 1. The van der Waals surface area contributed by atoms with Crippen molar-refractivity contribution in [2.45, 2.75) is 57.5 Å². The molecule has 1 aliphatic carbocycles. The summed E-state index contributed by atoms with van der Waals surface area (Å²) in [5.74, 6) is 0. The fourth-order valence-electron chi connectivity index (χ4n) is 2.88. The van der Waals surface area contributed by atoms with Gasteiger partial charge < -0.3 is 10.6 Å². The molecular weight excluding hydrogens is 242 g/mol. The lowest BCUT2D eigenvalue weighted by Crippen LogP contribution is -2.46. The van der Waals surface area contributed by atoms with Gasteiger partial charge >= 0.3 is 0 Å². The minimum atomic E-state index is 0.398. The quantitative estimate of drug-likeness (QED) is 0.778. The van der Waals surface area contributed by atoms with E-state index in [0.717, 1.165) is 18.1 Å². The molecule has 0 aliphatic heterocycles. The van der Waals surface area contributed by atoms with E-state index in [1.807, 2.05) is 6.20 Å². The Kier molecular flexibility index (Phi) is 5.15. The number of hydrogen-bond acceptors (Lipinski definition) is 4. The summed E-state index contributed by atoms with van der Waals surface area (Å²) in [6.45, 7) is 4.12. The lowest BCUT2D eigenvalue weighted by molar-refractivity contribution is 0.228. The maximum Gasteiger partial charge on any atom is 0.0897 e. The second-order valence-electron chi connectivity index (χ2n) is 5.36. The summed E-state index contributed by atoms with van der Waals surface area (Å²) in [5, 5.41) is 8.28. The van der Waals surface area contributed by atoms with Gasteiger partial charge in [-0.05, 0) is 39.8 Å². The largest absolute Gasteiger partial charge is 0.314 e. The van der Waals surface area contributed by atoms with Gasteiger partial charge in [-0.25, -0.2) is 4.98 Å². The Labute approximate surface area is 114 Å². The SMILES string of the molecule is CNC1(CCNCc2cnc(C)s2)CCCCC1. The molecule has 0 amide bonds. The van der Waals surface area contributed by atoms with E-state index in [0.29, 0.717) is 5.54 Å². The van der Waals surface area contributed by atoms with Crippen LogP contribution in [0.25, 0.3) is 0 Å². The summed E-state index contributed by atoms with van der Waals surface area (Å²) in [4.78, 5) is 5.62. The average Bonchev–Trinajstić information content (AvgIpc) is 2.82. The van der Waals surface area contributed by atoms with Crippen LogP contribution in [-0.2, 0) is 6.54 Å². The molecule has 0 unspecified atom stereocenters. The van der Waals surface area contributed by atoms with Crippen molar-refractivity contribution in [3.05, 3.63) is 16.1 Å². The van der Waals surface area contributed by atoms with E-state index >= 15 is 0 Å². The van der Waals surface area contributed by atoms with Crippen LogP contribution in [0.2, 0.25) is 0 Å². The molecule has 0 radical (unpaired) electrons. The highest BCUT2D eigenvalue weighted by atomic mass is 32.1. The molecular formula is C14H25N3S. The highest BCUT2D eigenvalue weighted by Gasteiger charge is 2.29. The number of thiazole rings is 1. The van der Waals surface area contributed by atoms with Crippen LogP contribution in [0.5, 0.6) is 0 Å². The van der Waals surface area contributed by atoms with Crippen LogP contribution in [0, 0.1) is 6.92 Å². The number of nitrogens with zero attached hydrogens (tertiary/aromatic N) is 1. The van der Waals surface area contributed by atoms with Crippen LogP contribution in [0.15, 0.2) is 6.20 Å². The molecule has 2 rings (SSSR count). The first kappa shape index (κ1) is 14.0. The minimum absolute atomic E-state index is 0.398. The van der Waals surface area contributed by atoms with Crippen LogP contribution in [0.3, 0.4) is 0 Å². The summed E-state index contributed by atoms with van der Waals surface area (Å²) < 4.78 is 0. The highest BCUT2D eigenvalue weighted by Crippen LogP contribution is 2.30. The van der Waals surface area contributed by atoms with Crippen LogP contribution >= 0.6 is 11.3 Å². The van der Waals surface area contributed by atoms with Gasteiger partial charge in [-0.15, -0.1) is 11.3 Å². The van der Waals surface area contributed by atoms with Gasteiger partial charge in [-0.3, -0.25) is 0 Å². The van der Waals surface area contributed by atoms with Crippen LogP contribution in [0.4, 0.5) is 0 Å². The predicted octanol–water partition coefficient (Wildman–Crippen LogP) is 2.85. The van der Waals surface area contributed by atoms with Gasteiger partial charge in [0.2, 0.25) is 0 Å². The molecule has 1 saturated carbocycles. The third-order valence-electron chi connectivity index (χ3n) is 4.09. The Morgan fingerprint density at radius 1 is 1.33 bits per heavy atom. The topological polar surface area (TPSA) is 37.0 Å². The summed E-state index contributed by atoms with van der Waals surface area (Å²) >= 11 is 1.79. The van der Waals surface area contributed by atoms with Crippen molar-refractivity contribution in [2.75, 3.05) is 13.6 Å². The molecule has 3 nitrogen and oxygen atoms in total. The van der Waals surface area contributed by atoms with Crippen molar-refractivity contribution in [1.82, 2.24) is 15.6 Å². The third-order valence-corrected chi connectivity index (χ3v) is 5.00.